The third-order valence-electron chi connectivity index (χ3n) is 1.87. The lowest BCUT2D eigenvalue weighted by atomic mass is 10.2. The summed E-state index contributed by atoms with van der Waals surface area (Å²) in [6, 6.07) is 8.08. The molecule has 0 amide bonds. The van der Waals surface area contributed by atoms with Crippen molar-refractivity contribution in [1.29, 1.82) is 0 Å². The Bertz CT molecular complexity index is 398. The van der Waals surface area contributed by atoms with Crippen molar-refractivity contribution in [2.45, 2.75) is 16.6 Å². The molecule has 0 saturated heterocycles. The van der Waals surface area contributed by atoms with E-state index in [-0.39, 0.29) is 0 Å². The molecule has 0 atom stereocenters. The maximum atomic E-state index is 5.64. The summed E-state index contributed by atoms with van der Waals surface area (Å²) in [5.74, 6) is 0. The molecular formula is C10H11N3S. The molecule has 0 bridgehead atoms. The van der Waals surface area contributed by atoms with Gasteiger partial charge in [-0.05, 0) is 11.6 Å². The molecule has 4 heteroatoms. The van der Waals surface area contributed by atoms with Crippen LogP contribution < -0.4 is 5.73 Å². The van der Waals surface area contributed by atoms with Gasteiger partial charge in [-0.15, -0.1) is 0 Å². The summed E-state index contributed by atoms with van der Waals surface area (Å²) >= 11 is 1.60. The number of nitrogens with zero attached hydrogens (tertiary/aromatic N) is 1. The number of hydrogen-bond acceptors (Lipinski definition) is 3. The van der Waals surface area contributed by atoms with Crippen LogP contribution >= 0.6 is 11.8 Å². The molecular weight excluding hydrogens is 194 g/mol. The van der Waals surface area contributed by atoms with Crippen LogP contribution in [-0.4, -0.2) is 9.97 Å². The first-order valence-corrected chi connectivity index (χ1v) is 5.17. The van der Waals surface area contributed by atoms with Crippen molar-refractivity contribution < 1.29 is 0 Å². The van der Waals surface area contributed by atoms with Crippen molar-refractivity contribution >= 4 is 11.8 Å². The predicted octanol–water partition coefficient (Wildman–Crippen LogP) is 2.02. The van der Waals surface area contributed by atoms with Gasteiger partial charge in [-0.25, -0.2) is 4.98 Å². The molecule has 0 fully saturated rings. The number of nitrogens with one attached hydrogen (secondary N) is 1. The Balaban J connectivity index is 2.24. The van der Waals surface area contributed by atoms with Gasteiger partial charge < -0.3 is 10.7 Å². The molecule has 3 N–H and O–H groups in total. The SMILES string of the molecule is NCc1ccccc1Sc1ncc[nH]1. The van der Waals surface area contributed by atoms with Gasteiger partial charge in [0.25, 0.3) is 0 Å². The van der Waals surface area contributed by atoms with Gasteiger partial charge in [0.05, 0.1) is 0 Å². The third kappa shape index (κ3) is 1.97. The smallest absolute Gasteiger partial charge is 0.170 e. The van der Waals surface area contributed by atoms with Crippen LogP contribution in [0.25, 0.3) is 0 Å². The Morgan fingerprint density at radius 3 is 2.93 bits per heavy atom. The summed E-state index contributed by atoms with van der Waals surface area (Å²) in [6.07, 6.45) is 3.56. The number of nitrogens with two attached hydrogens (primary N) is 1. The molecule has 0 aliphatic carbocycles. The van der Waals surface area contributed by atoms with Crippen molar-refractivity contribution in [2.75, 3.05) is 0 Å². The highest BCUT2D eigenvalue weighted by Gasteiger charge is 2.03. The summed E-state index contributed by atoms with van der Waals surface area (Å²) in [4.78, 5) is 8.36. The number of aromatic nitrogens is 2. The minimum absolute atomic E-state index is 0.559. The maximum Gasteiger partial charge on any atom is 0.170 e. The Labute approximate surface area is 86.7 Å². The average molecular weight is 205 g/mol. The average Bonchev–Trinajstić information content (AvgIpc) is 2.71. The van der Waals surface area contributed by atoms with E-state index in [0.29, 0.717) is 6.54 Å². The summed E-state index contributed by atoms with van der Waals surface area (Å²) < 4.78 is 0. The van der Waals surface area contributed by atoms with Crippen LogP contribution in [0.2, 0.25) is 0 Å². The van der Waals surface area contributed by atoms with Crippen molar-refractivity contribution in [3.8, 4) is 0 Å². The number of imidazole rings is 1. The molecule has 0 aliphatic rings. The minimum atomic E-state index is 0.559. The Kier molecular flexibility index (Phi) is 2.86. The lowest BCUT2D eigenvalue weighted by Crippen LogP contribution is -1.97. The maximum absolute atomic E-state index is 5.64. The highest BCUT2D eigenvalue weighted by molar-refractivity contribution is 7.99. The largest absolute Gasteiger partial charge is 0.339 e. The molecule has 2 aromatic rings. The Hall–Kier alpha value is -1.26. The molecule has 72 valence electrons. The fraction of sp³-hybridized carbons (Fsp3) is 0.100. The summed E-state index contributed by atoms with van der Waals surface area (Å²) in [6.45, 7) is 0.559. The molecule has 0 aliphatic heterocycles. The van der Waals surface area contributed by atoms with Crippen molar-refractivity contribution in [2.24, 2.45) is 5.73 Å². The standard InChI is InChI=1S/C10H11N3S/c11-7-8-3-1-2-4-9(8)14-10-12-5-6-13-10/h1-6H,7,11H2,(H,12,13). The summed E-state index contributed by atoms with van der Waals surface area (Å²) in [5, 5.41) is 0.894. The molecule has 2 rings (SSSR count). The topological polar surface area (TPSA) is 54.7 Å². The van der Waals surface area contributed by atoms with E-state index in [1.807, 2.05) is 24.4 Å². The van der Waals surface area contributed by atoms with Crippen LogP contribution in [0.15, 0.2) is 46.7 Å². The molecule has 1 heterocycles. The van der Waals surface area contributed by atoms with Crippen LogP contribution in [0.5, 0.6) is 0 Å². The van der Waals surface area contributed by atoms with Crippen LogP contribution in [0.4, 0.5) is 0 Å². The monoisotopic (exact) mass is 205 g/mol. The second kappa shape index (κ2) is 4.30. The van der Waals surface area contributed by atoms with E-state index in [0.717, 1.165) is 15.6 Å². The third-order valence-corrected chi connectivity index (χ3v) is 2.91. The number of aromatic amines is 1. The Morgan fingerprint density at radius 1 is 1.36 bits per heavy atom. The van der Waals surface area contributed by atoms with E-state index in [2.05, 4.69) is 16.0 Å². The molecule has 0 radical (unpaired) electrons. The van der Waals surface area contributed by atoms with Gasteiger partial charge in [0.1, 0.15) is 0 Å². The molecule has 14 heavy (non-hydrogen) atoms. The zero-order valence-electron chi connectivity index (χ0n) is 7.60. The summed E-state index contributed by atoms with van der Waals surface area (Å²) in [7, 11) is 0. The van der Waals surface area contributed by atoms with E-state index >= 15 is 0 Å². The molecule has 3 nitrogen and oxygen atoms in total. The number of benzene rings is 1. The molecule has 0 spiro atoms. The van der Waals surface area contributed by atoms with Gasteiger partial charge >= 0.3 is 0 Å². The zero-order chi connectivity index (χ0) is 9.80. The minimum Gasteiger partial charge on any atom is -0.339 e. The second-order valence-electron chi connectivity index (χ2n) is 2.81. The van der Waals surface area contributed by atoms with Crippen molar-refractivity contribution in [3.05, 3.63) is 42.2 Å². The van der Waals surface area contributed by atoms with Crippen LogP contribution in [-0.2, 0) is 6.54 Å². The van der Waals surface area contributed by atoms with Gasteiger partial charge in [0.15, 0.2) is 5.16 Å². The van der Waals surface area contributed by atoms with Gasteiger partial charge in [0.2, 0.25) is 0 Å². The van der Waals surface area contributed by atoms with E-state index in [9.17, 15) is 0 Å². The van der Waals surface area contributed by atoms with Gasteiger partial charge in [-0.2, -0.15) is 0 Å². The second-order valence-corrected chi connectivity index (χ2v) is 3.84. The quantitative estimate of drug-likeness (QED) is 0.806. The van der Waals surface area contributed by atoms with E-state index < -0.39 is 0 Å². The fourth-order valence-electron chi connectivity index (χ4n) is 1.18. The highest BCUT2D eigenvalue weighted by Crippen LogP contribution is 2.27. The first-order valence-electron chi connectivity index (χ1n) is 4.35. The number of rotatable bonds is 3. The first kappa shape index (κ1) is 9.30. The number of hydrogen-bond donors (Lipinski definition) is 2. The van der Waals surface area contributed by atoms with E-state index in [1.54, 1.807) is 18.0 Å². The van der Waals surface area contributed by atoms with Crippen molar-refractivity contribution in [3.63, 3.8) is 0 Å². The normalized spacial score (nSPS) is 10.4. The zero-order valence-corrected chi connectivity index (χ0v) is 8.42. The lowest BCUT2D eigenvalue weighted by molar-refractivity contribution is 1.01. The lowest BCUT2D eigenvalue weighted by Gasteiger charge is -2.04. The molecule has 1 aromatic heterocycles. The van der Waals surface area contributed by atoms with Crippen molar-refractivity contribution in [1.82, 2.24) is 9.97 Å². The molecule has 1 aromatic carbocycles. The van der Waals surface area contributed by atoms with Crippen LogP contribution in [0.1, 0.15) is 5.56 Å². The van der Waals surface area contributed by atoms with E-state index in [4.69, 9.17) is 5.73 Å². The van der Waals surface area contributed by atoms with Gasteiger partial charge in [0, 0.05) is 23.8 Å². The predicted molar refractivity (Wildman–Crippen MR) is 57.0 cm³/mol. The number of H-pyrrole nitrogens is 1. The highest BCUT2D eigenvalue weighted by atomic mass is 32.2. The summed E-state index contributed by atoms with van der Waals surface area (Å²) in [5.41, 5.74) is 6.78. The van der Waals surface area contributed by atoms with Crippen LogP contribution in [0, 0.1) is 0 Å². The van der Waals surface area contributed by atoms with Crippen LogP contribution in [0.3, 0.4) is 0 Å². The van der Waals surface area contributed by atoms with Gasteiger partial charge in [-0.1, -0.05) is 30.0 Å². The van der Waals surface area contributed by atoms with Gasteiger partial charge in [-0.3, -0.25) is 0 Å². The Morgan fingerprint density at radius 2 is 2.21 bits per heavy atom. The fourth-order valence-corrected chi connectivity index (χ4v) is 2.06. The van der Waals surface area contributed by atoms with E-state index in [1.165, 1.54) is 0 Å². The molecule has 0 saturated carbocycles. The first-order chi connectivity index (χ1) is 6.90. The molecule has 0 unspecified atom stereocenters.